The molecule has 1 heterocycles. The lowest BCUT2D eigenvalue weighted by molar-refractivity contribution is -0.122. The number of fused-ring (bicyclic) bond motifs is 1. The minimum absolute atomic E-state index is 0.128. The van der Waals surface area contributed by atoms with Crippen molar-refractivity contribution in [2.45, 2.75) is 31.3 Å². The predicted molar refractivity (Wildman–Crippen MR) is 96.8 cm³/mol. The maximum Gasteiger partial charge on any atom is 0.237 e. The molecule has 8 heteroatoms. The summed E-state index contributed by atoms with van der Waals surface area (Å²) >= 11 is 0. The van der Waals surface area contributed by atoms with Gasteiger partial charge in [0.05, 0.1) is 12.1 Å². The van der Waals surface area contributed by atoms with Gasteiger partial charge in [-0.25, -0.2) is 0 Å². The second-order valence-corrected chi connectivity index (χ2v) is 5.83. The Morgan fingerprint density at radius 1 is 1.36 bits per heavy atom. The minimum Gasteiger partial charge on any atom is -0.370 e. The Morgan fingerprint density at radius 2 is 2.12 bits per heavy atom. The number of aromatic amines is 1. The Hall–Kier alpha value is -2.87. The van der Waals surface area contributed by atoms with E-state index in [1.54, 1.807) is 0 Å². The van der Waals surface area contributed by atoms with Crippen molar-refractivity contribution in [1.82, 2.24) is 15.6 Å². The van der Waals surface area contributed by atoms with Crippen LogP contribution in [0.3, 0.4) is 0 Å². The fraction of sp³-hybridized carbons (Fsp3) is 0.353. The van der Waals surface area contributed by atoms with Crippen molar-refractivity contribution in [1.29, 1.82) is 5.41 Å². The van der Waals surface area contributed by atoms with Crippen molar-refractivity contribution in [3.63, 3.8) is 0 Å². The van der Waals surface area contributed by atoms with Crippen LogP contribution < -0.4 is 22.1 Å². The highest BCUT2D eigenvalue weighted by Gasteiger charge is 2.19. The molecule has 1 aromatic carbocycles. The quantitative estimate of drug-likeness (QED) is 0.213. The number of nitrogens with two attached hydrogens (primary N) is 2. The topological polar surface area (TPSA) is 150 Å². The third kappa shape index (κ3) is 5.32. The first-order valence-electron chi connectivity index (χ1n) is 8.07. The summed E-state index contributed by atoms with van der Waals surface area (Å²) in [5, 5.41) is 13.3. The summed E-state index contributed by atoms with van der Waals surface area (Å²) in [4.78, 5) is 26.4. The molecule has 0 saturated carbocycles. The summed E-state index contributed by atoms with van der Waals surface area (Å²) in [6.45, 7) is 0.449. The Bertz CT molecular complexity index is 742. The second kappa shape index (κ2) is 8.84. The summed E-state index contributed by atoms with van der Waals surface area (Å²) in [5.74, 6) is -0.519. The Morgan fingerprint density at radius 3 is 2.84 bits per heavy atom. The van der Waals surface area contributed by atoms with Crippen LogP contribution in [0.15, 0.2) is 30.5 Å². The molecule has 0 spiro atoms. The number of aromatic nitrogens is 1. The number of benzene rings is 1. The number of para-hydroxylation sites is 1. The molecule has 8 nitrogen and oxygen atoms in total. The summed E-state index contributed by atoms with van der Waals surface area (Å²) < 4.78 is 0. The van der Waals surface area contributed by atoms with E-state index in [9.17, 15) is 9.59 Å². The zero-order valence-corrected chi connectivity index (χ0v) is 13.8. The molecule has 25 heavy (non-hydrogen) atoms. The minimum atomic E-state index is -0.759. The van der Waals surface area contributed by atoms with E-state index >= 15 is 0 Å². The second-order valence-electron chi connectivity index (χ2n) is 5.83. The number of nitrogens with one attached hydrogen (secondary N) is 4. The van der Waals surface area contributed by atoms with E-state index in [1.807, 2.05) is 36.7 Å². The SMILES string of the molecule is N=C(N)NCCC[C@@H]([C]=O)NC(=O)[C@@H](N)Cc1c[nH]c2ccccc12. The van der Waals surface area contributed by atoms with Gasteiger partial charge in [-0.3, -0.25) is 15.0 Å². The molecule has 0 saturated heterocycles. The van der Waals surface area contributed by atoms with Crippen LogP contribution in [-0.2, 0) is 16.0 Å². The van der Waals surface area contributed by atoms with Crippen molar-refractivity contribution in [2.75, 3.05) is 6.54 Å². The van der Waals surface area contributed by atoms with Gasteiger partial charge in [-0.05, 0) is 30.9 Å². The summed E-state index contributed by atoms with van der Waals surface area (Å²) in [6, 6.07) is 6.30. The van der Waals surface area contributed by atoms with Gasteiger partial charge in [0, 0.05) is 23.6 Å². The average molecular weight is 343 g/mol. The van der Waals surface area contributed by atoms with Crippen molar-refractivity contribution in [3.05, 3.63) is 36.0 Å². The van der Waals surface area contributed by atoms with E-state index in [2.05, 4.69) is 15.6 Å². The maximum absolute atomic E-state index is 12.2. The molecular formula is C17H23N6O2. The molecule has 0 bridgehead atoms. The number of hydrogen-bond acceptors (Lipinski definition) is 4. The molecule has 2 atom stereocenters. The van der Waals surface area contributed by atoms with Gasteiger partial charge in [-0.15, -0.1) is 0 Å². The summed E-state index contributed by atoms with van der Waals surface area (Å²) in [6.07, 6.45) is 4.98. The van der Waals surface area contributed by atoms with Crippen molar-refractivity contribution in [2.24, 2.45) is 11.5 Å². The summed E-state index contributed by atoms with van der Waals surface area (Å²) in [7, 11) is 0. The lowest BCUT2D eigenvalue weighted by Crippen LogP contribution is -2.47. The standard InChI is InChI=1S/C17H23N6O2/c18-14(8-11-9-22-15-6-2-1-5-13(11)15)16(25)23-12(10-24)4-3-7-21-17(19)20/h1-2,5-6,9,12,14,22H,3-4,7-8,18H2,(H,23,25)(H4,19,20,21)/t12-,14-/m0/s1. The normalized spacial score (nSPS) is 13.2. The van der Waals surface area contributed by atoms with Crippen LogP contribution in [0, 0.1) is 5.41 Å². The zero-order chi connectivity index (χ0) is 18.2. The van der Waals surface area contributed by atoms with Crippen LogP contribution in [0.25, 0.3) is 10.9 Å². The first-order valence-corrected chi connectivity index (χ1v) is 8.07. The molecule has 8 N–H and O–H groups in total. The van der Waals surface area contributed by atoms with Gasteiger partial charge in [0.15, 0.2) is 5.96 Å². The van der Waals surface area contributed by atoms with E-state index < -0.39 is 18.0 Å². The Labute approximate surface area is 145 Å². The van der Waals surface area contributed by atoms with Gasteiger partial charge in [0.2, 0.25) is 12.2 Å². The number of amides is 1. The van der Waals surface area contributed by atoms with Gasteiger partial charge in [-0.1, -0.05) is 18.2 Å². The Balaban J connectivity index is 1.86. The zero-order valence-electron chi connectivity index (χ0n) is 13.8. The highest BCUT2D eigenvalue weighted by atomic mass is 16.2. The fourth-order valence-corrected chi connectivity index (χ4v) is 2.60. The van der Waals surface area contributed by atoms with E-state index in [0.29, 0.717) is 25.8 Å². The highest BCUT2D eigenvalue weighted by molar-refractivity contribution is 5.87. The smallest absolute Gasteiger partial charge is 0.237 e. The molecule has 0 aliphatic rings. The molecule has 2 rings (SSSR count). The average Bonchev–Trinajstić information content (AvgIpc) is 3.00. The van der Waals surface area contributed by atoms with E-state index in [-0.39, 0.29) is 5.96 Å². The molecule has 0 aliphatic heterocycles. The van der Waals surface area contributed by atoms with Crippen LogP contribution in [0.1, 0.15) is 18.4 Å². The van der Waals surface area contributed by atoms with Gasteiger partial charge in [-0.2, -0.15) is 0 Å². The lowest BCUT2D eigenvalue weighted by atomic mass is 10.0. The van der Waals surface area contributed by atoms with Crippen molar-refractivity contribution >= 4 is 29.1 Å². The number of guanidine groups is 1. The molecule has 0 unspecified atom stereocenters. The summed E-state index contributed by atoms with van der Waals surface area (Å²) in [5.41, 5.74) is 13.1. The van der Waals surface area contributed by atoms with Crippen molar-refractivity contribution in [3.8, 4) is 0 Å². The largest absolute Gasteiger partial charge is 0.370 e. The molecule has 133 valence electrons. The van der Waals surface area contributed by atoms with Crippen molar-refractivity contribution < 1.29 is 9.59 Å². The molecule has 2 aromatic rings. The van der Waals surface area contributed by atoms with E-state index in [1.165, 1.54) is 0 Å². The number of hydrogen-bond donors (Lipinski definition) is 6. The maximum atomic E-state index is 12.2. The first-order chi connectivity index (χ1) is 12.0. The van der Waals surface area contributed by atoms with Crippen LogP contribution >= 0.6 is 0 Å². The van der Waals surface area contributed by atoms with Gasteiger partial charge in [0.25, 0.3) is 0 Å². The highest BCUT2D eigenvalue weighted by Crippen LogP contribution is 2.18. The third-order valence-corrected chi connectivity index (χ3v) is 3.90. The molecule has 0 aliphatic carbocycles. The van der Waals surface area contributed by atoms with Gasteiger partial charge < -0.3 is 27.1 Å². The van der Waals surface area contributed by atoms with Crippen LogP contribution in [-0.4, -0.2) is 41.8 Å². The van der Waals surface area contributed by atoms with E-state index in [4.69, 9.17) is 16.9 Å². The number of H-pyrrole nitrogens is 1. The van der Waals surface area contributed by atoms with Crippen LogP contribution in [0.5, 0.6) is 0 Å². The van der Waals surface area contributed by atoms with Crippen LogP contribution in [0.2, 0.25) is 0 Å². The molecule has 1 aromatic heterocycles. The van der Waals surface area contributed by atoms with Gasteiger partial charge >= 0.3 is 0 Å². The lowest BCUT2D eigenvalue weighted by Gasteiger charge is -2.16. The first kappa shape index (κ1) is 18.5. The van der Waals surface area contributed by atoms with Gasteiger partial charge in [0.1, 0.15) is 0 Å². The van der Waals surface area contributed by atoms with E-state index in [0.717, 1.165) is 16.5 Å². The molecular weight excluding hydrogens is 320 g/mol. The third-order valence-electron chi connectivity index (χ3n) is 3.90. The number of carbonyl (C=O) groups excluding carboxylic acids is 2. The molecule has 1 amide bonds. The van der Waals surface area contributed by atoms with Crippen LogP contribution in [0.4, 0.5) is 0 Å². The monoisotopic (exact) mass is 343 g/mol. The fourth-order valence-electron chi connectivity index (χ4n) is 2.60. The molecule has 0 fully saturated rings. The number of rotatable bonds is 9. The number of carbonyl (C=O) groups is 1. The predicted octanol–water partition coefficient (Wildman–Crippen LogP) is -0.105. The Kier molecular flexibility index (Phi) is 6.53. The molecule has 1 radical (unpaired) electrons.